The minimum atomic E-state index is -4.51. The summed E-state index contributed by atoms with van der Waals surface area (Å²) >= 11 is 0. The van der Waals surface area contributed by atoms with Crippen LogP contribution in [0.15, 0.2) is 47.4 Å². The summed E-state index contributed by atoms with van der Waals surface area (Å²) in [6.07, 6.45) is -3.00. The van der Waals surface area contributed by atoms with Crippen molar-refractivity contribution in [2.75, 3.05) is 0 Å². The van der Waals surface area contributed by atoms with Crippen molar-refractivity contribution in [2.45, 2.75) is 13.1 Å². The average Bonchev–Trinajstić information content (AvgIpc) is 3.00. The molecule has 0 amide bonds. The molecule has 0 bridgehead atoms. The van der Waals surface area contributed by atoms with Crippen LogP contribution in [0.4, 0.5) is 13.2 Å². The first-order chi connectivity index (χ1) is 12.6. The number of aromatic carboxylic acids is 1. The fraction of sp³-hybridized carbons (Fsp3) is 0.167. The van der Waals surface area contributed by atoms with Gasteiger partial charge in [-0.3, -0.25) is 14.0 Å². The Hall–Kier alpha value is -3.36. The molecule has 0 aliphatic carbocycles. The number of halogens is 3. The van der Waals surface area contributed by atoms with Crippen molar-refractivity contribution in [3.8, 4) is 16.9 Å². The molecule has 1 N–H and O–H groups in total. The molecule has 0 spiro atoms. The van der Waals surface area contributed by atoms with Crippen molar-refractivity contribution in [1.82, 2.24) is 14.3 Å². The topological polar surface area (TPSA) is 77.1 Å². The first-order valence-corrected chi connectivity index (χ1v) is 7.77. The lowest BCUT2D eigenvalue weighted by Gasteiger charge is -2.16. The van der Waals surface area contributed by atoms with E-state index >= 15 is 0 Å². The molecule has 0 saturated heterocycles. The SMILES string of the molecule is Cc1c(-c2ccnn2C)cc(C(=O)O)c(=O)n1-c1ccc(C(F)(F)F)cc1. The largest absolute Gasteiger partial charge is 0.477 e. The van der Waals surface area contributed by atoms with E-state index in [1.165, 1.54) is 16.9 Å². The van der Waals surface area contributed by atoms with Crippen LogP contribution in [0.5, 0.6) is 0 Å². The summed E-state index contributed by atoms with van der Waals surface area (Å²) in [6, 6.07) is 6.86. The fourth-order valence-electron chi connectivity index (χ4n) is 2.86. The predicted molar refractivity (Wildman–Crippen MR) is 90.9 cm³/mol. The predicted octanol–water partition coefficient (Wildman–Crippen LogP) is 3.26. The van der Waals surface area contributed by atoms with E-state index in [-0.39, 0.29) is 5.69 Å². The van der Waals surface area contributed by atoms with Gasteiger partial charge in [-0.1, -0.05) is 0 Å². The number of aryl methyl sites for hydroxylation is 1. The molecule has 0 atom stereocenters. The zero-order chi connectivity index (χ0) is 19.9. The highest BCUT2D eigenvalue weighted by molar-refractivity contribution is 5.89. The van der Waals surface area contributed by atoms with E-state index in [1.807, 2.05) is 0 Å². The van der Waals surface area contributed by atoms with Gasteiger partial charge in [0.25, 0.3) is 5.56 Å². The molecule has 3 aromatic rings. The summed E-state index contributed by atoms with van der Waals surface area (Å²) in [5.41, 5.74) is -0.659. The van der Waals surface area contributed by atoms with E-state index in [2.05, 4.69) is 5.10 Å². The Morgan fingerprint density at radius 3 is 2.26 bits per heavy atom. The van der Waals surface area contributed by atoms with Gasteiger partial charge < -0.3 is 5.11 Å². The van der Waals surface area contributed by atoms with Gasteiger partial charge in [0.05, 0.1) is 11.3 Å². The van der Waals surface area contributed by atoms with Gasteiger partial charge in [0.2, 0.25) is 0 Å². The van der Waals surface area contributed by atoms with Crippen LogP contribution in [0.2, 0.25) is 0 Å². The second kappa shape index (κ2) is 6.42. The molecule has 0 radical (unpaired) electrons. The maximum absolute atomic E-state index is 12.8. The fourth-order valence-corrected chi connectivity index (χ4v) is 2.86. The third kappa shape index (κ3) is 3.23. The van der Waals surface area contributed by atoms with Crippen molar-refractivity contribution in [1.29, 1.82) is 0 Å². The number of benzene rings is 1. The minimum absolute atomic E-state index is 0.136. The summed E-state index contributed by atoms with van der Waals surface area (Å²) in [5.74, 6) is -1.43. The molecule has 0 aliphatic heterocycles. The molecule has 0 unspecified atom stereocenters. The molecule has 6 nitrogen and oxygen atoms in total. The summed E-state index contributed by atoms with van der Waals surface area (Å²) in [6.45, 7) is 1.59. The number of pyridine rings is 1. The summed E-state index contributed by atoms with van der Waals surface area (Å²) < 4.78 is 41.0. The van der Waals surface area contributed by atoms with Gasteiger partial charge in [-0.15, -0.1) is 0 Å². The summed E-state index contributed by atoms with van der Waals surface area (Å²) in [5, 5.41) is 13.4. The van der Waals surface area contributed by atoms with E-state index in [4.69, 9.17) is 0 Å². The van der Waals surface area contributed by atoms with E-state index < -0.39 is 28.8 Å². The van der Waals surface area contributed by atoms with Crippen LogP contribution >= 0.6 is 0 Å². The Labute approximate surface area is 151 Å². The molecule has 3 rings (SSSR count). The van der Waals surface area contributed by atoms with Gasteiger partial charge >= 0.3 is 12.1 Å². The molecular formula is C18H14F3N3O3. The smallest absolute Gasteiger partial charge is 0.416 e. The number of alkyl halides is 3. The monoisotopic (exact) mass is 377 g/mol. The van der Waals surface area contributed by atoms with Crippen LogP contribution in [0.3, 0.4) is 0 Å². The summed E-state index contributed by atoms with van der Waals surface area (Å²) in [4.78, 5) is 24.2. The molecule has 140 valence electrons. The van der Waals surface area contributed by atoms with Gasteiger partial charge in [0.1, 0.15) is 5.56 Å². The van der Waals surface area contributed by atoms with Gasteiger partial charge in [0, 0.05) is 30.2 Å². The van der Waals surface area contributed by atoms with Crippen LogP contribution in [-0.4, -0.2) is 25.4 Å². The van der Waals surface area contributed by atoms with Crippen LogP contribution in [0.25, 0.3) is 16.9 Å². The minimum Gasteiger partial charge on any atom is -0.477 e. The quantitative estimate of drug-likeness (QED) is 0.760. The van der Waals surface area contributed by atoms with Crippen molar-refractivity contribution < 1.29 is 23.1 Å². The highest BCUT2D eigenvalue weighted by Crippen LogP contribution is 2.30. The second-order valence-corrected chi connectivity index (χ2v) is 5.89. The molecule has 2 heterocycles. The Morgan fingerprint density at radius 1 is 1.15 bits per heavy atom. The van der Waals surface area contributed by atoms with Gasteiger partial charge in [-0.25, -0.2) is 4.79 Å². The number of rotatable bonds is 3. The third-order valence-electron chi connectivity index (χ3n) is 4.23. The lowest BCUT2D eigenvalue weighted by atomic mass is 10.1. The number of nitrogens with zero attached hydrogens (tertiary/aromatic N) is 3. The van der Waals surface area contributed by atoms with E-state index in [0.717, 1.165) is 28.8 Å². The second-order valence-electron chi connectivity index (χ2n) is 5.89. The molecule has 0 fully saturated rings. The Bertz CT molecular complexity index is 1080. The van der Waals surface area contributed by atoms with Crippen LogP contribution < -0.4 is 5.56 Å². The van der Waals surface area contributed by atoms with Crippen LogP contribution in [-0.2, 0) is 13.2 Å². The molecular weight excluding hydrogens is 363 g/mol. The van der Waals surface area contributed by atoms with Gasteiger partial charge in [0.15, 0.2) is 0 Å². The zero-order valence-corrected chi connectivity index (χ0v) is 14.3. The molecule has 9 heteroatoms. The summed E-state index contributed by atoms with van der Waals surface area (Å²) in [7, 11) is 1.66. The lowest BCUT2D eigenvalue weighted by Crippen LogP contribution is -2.27. The Kier molecular flexibility index (Phi) is 4.38. The highest BCUT2D eigenvalue weighted by atomic mass is 19.4. The van der Waals surface area contributed by atoms with Crippen molar-refractivity contribution in [3.05, 3.63) is 69.8 Å². The number of carboxylic acid groups (broad SMARTS) is 1. The number of aromatic nitrogens is 3. The standard InChI is InChI=1S/C18H14F3N3O3/c1-10-13(15-7-8-22-23(15)2)9-14(17(26)27)16(25)24(10)12-5-3-11(4-6-12)18(19,20)21/h3-9H,1-2H3,(H,26,27). The highest BCUT2D eigenvalue weighted by Gasteiger charge is 2.30. The van der Waals surface area contributed by atoms with Crippen molar-refractivity contribution in [2.24, 2.45) is 7.05 Å². The maximum Gasteiger partial charge on any atom is 0.416 e. The number of hydrogen-bond donors (Lipinski definition) is 1. The van der Waals surface area contributed by atoms with Gasteiger partial charge in [-0.2, -0.15) is 18.3 Å². The Balaban J connectivity index is 2.29. The number of hydrogen-bond acceptors (Lipinski definition) is 3. The molecule has 2 aromatic heterocycles. The number of carboxylic acids is 1. The lowest BCUT2D eigenvalue weighted by molar-refractivity contribution is -0.137. The molecule has 0 saturated carbocycles. The Morgan fingerprint density at radius 2 is 1.78 bits per heavy atom. The van der Waals surface area contributed by atoms with E-state index in [0.29, 0.717) is 17.0 Å². The van der Waals surface area contributed by atoms with Gasteiger partial charge in [-0.05, 0) is 43.3 Å². The first kappa shape index (κ1) is 18.4. The van der Waals surface area contributed by atoms with Crippen molar-refractivity contribution in [3.63, 3.8) is 0 Å². The maximum atomic E-state index is 12.8. The van der Waals surface area contributed by atoms with E-state index in [1.54, 1.807) is 20.0 Å². The zero-order valence-electron chi connectivity index (χ0n) is 14.3. The van der Waals surface area contributed by atoms with Crippen molar-refractivity contribution >= 4 is 5.97 Å². The van der Waals surface area contributed by atoms with Crippen LogP contribution in [0.1, 0.15) is 21.6 Å². The molecule has 0 aliphatic rings. The third-order valence-corrected chi connectivity index (χ3v) is 4.23. The average molecular weight is 377 g/mol. The number of carbonyl (C=O) groups is 1. The molecule has 1 aromatic carbocycles. The first-order valence-electron chi connectivity index (χ1n) is 7.77. The van der Waals surface area contributed by atoms with E-state index in [9.17, 15) is 27.9 Å². The van der Waals surface area contributed by atoms with Crippen LogP contribution in [0, 0.1) is 6.92 Å². The normalized spacial score (nSPS) is 11.6. The molecule has 27 heavy (non-hydrogen) atoms.